The van der Waals surface area contributed by atoms with Crippen molar-refractivity contribution in [3.8, 4) is 0 Å². The number of ether oxygens (including phenoxy) is 1. The molecule has 2 N–H and O–H groups in total. The Hall–Kier alpha value is -1.53. The highest BCUT2D eigenvalue weighted by molar-refractivity contribution is 5.83. The third-order valence-electron chi connectivity index (χ3n) is 3.01. The molecule has 20 heavy (non-hydrogen) atoms. The fourth-order valence-electron chi connectivity index (χ4n) is 2.30. The monoisotopic (exact) mass is 286 g/mol. The zero-order valence-corrected chi connectivity index (χ0v) is 11.2. The lowest BCUT2D eigenvalue weighted by Crippen LogP contribution is -2.19. The van der Waals surface area contributed by atoms with Crippen molar-refractivity contribution in [3.63, 3.8) is 0 Å². The van der Waals surface area contributed by atoms with Gasteiger partial charge < -0.3 is 10.3 Å². The van der Waals surface area contributed by atoms with E-state index < -0.39 is 13.0 Å². The maximum Gasteiger partial charge on any atom is 0.522 e. The van der Waals surface area contributed by atoms with E-state index in [2.05, 4.69) is 4.74 Å². The minimum atomic E-state index is -4.59. The van der Waals surface area contributed by atoms with Crippen molar-refractivity contribution in [2.75, 3.05) is 6.61 Å². The molecule has 2 aromatic rings. The predicted molar refractivity (Wildman–Crippen MR) is 71.3 cm³/mol. The van der Waals surface area contributed by atoms with Crippen molar-refractivity contribution >= 4 is 10.9 Å². The van der Waals surface area contributed by atoms with Crippen LogP contribution in [0.3, 0.4) is 0 Å². The SMILES string of the molecule is CC(N)Cc1cccc2ccn(CCOC(F)(F)F)c12. The standard InChI is InChI=1S/C14H17F3N2O/c1-10(18)9-12-4-2-3-11-5-6-19(13(11)12)7-8-20-14(15,16)17/h2-6,10H,7-9,18H2,1H3. The first-order chi connectivity index (χ1) is 9.37. The average molecular weight is 286 g/mol. The second kappa shape index (κ2) is 5.85. The number of aromatic nitrogens is 1. The number of fused-ring (bicyclic) bond motifs is 1. The Morgan fingerprint density at radius 1 is 1.30 bits per heavy atom. The summed E-state index contributed by atoms with van der Waals surface area (Å²) in [4.78, 5) is 0. The third-order valence-corrected chi connectivity index (χ3v) is 3.01. The van der Waals surface area contributed by atoms with Crippen LogP contribution in [0.4, 0.5) is 13.2 Å². The van der Waals surface area contributed by atoms with Crippen LogP contribution in [-0.2, 0) is 17.7 Å². The zero-order chi connectivity index (χ0) is 14.8. The maximum absolute atomic E-state index is 12.0. The van der Waals surface area contributed by atoms with Crippen LogP contribution in [0.25, 0.3) is 10.9 Å². The lowest BCUT2D eigenvalue weighted by molar-refractivity contribution is -0.325. The lowest BCUT2D eigenvalue weighted by Gasteiger charge is -2.12. The van der Waals surface area contributed by atoms with E-state index in [0.717, 1.165) is 16.5 Å². The molecule has 110 valence electrons. The summed E-state index contributed by atoms with van der Waals surface area (Å²) >= 11 is 0. The summed E-state index contributed by atoms with van der Waals surface area (Å²) in [7, 11) is 0. The Morgan fingerprint density at radius 3 is 2.70 bits per heavy atom. The Labute approximate surface area is 115 Å². The summed E-state index contributed by atoms with van der Waals surface area (Å²) in [6.45, 7) is 1.65. The summed E-state index contributed by atoms with van der Waals surface area (Å²) in [5, 5.41) is 0.996. The first kappa shape index (κ1) is 14.9. The van der Waals surface area contributed by atoms with Crippen LogP contribution in [-0.4, -0.2) is 23.6 Å². The molecule has 0 aliphatic rings. The largest absolute Gasteiger partial charge is 0.522 e. The Kier molecular flexibility index (Phi) is 4.35. The van der Waals surface area contributed by atoms with Gasteiger partial charge in [0.1, 0.15) is 0 Å². The molecule has 1 heterocycles. The zero-order valence-electron chi connectivity index (χ0n) is 11.2. The maximum atomic E-state index is 12.0. The van der Waals surface area contributed by atoms with Crippen molar-refractivity contribution in [3.05, 3.63) is 36.0 Å². The molecule has 1 atom stereocenters. The van der Waals surface area contributed by atoms with Gasteiger partial charge in [0.25, 0.3) is 0 Å². The number of nitrogens with two attached hydrogens (primary N) is 1. The topological polar surface area (TPSA) is 40.2 Å². The van der Waals surface area contributed by atoms with Gasteiger partial charge in [0.05, 0.1) is 12.1 Å². The summed E-state index contributed by atoms with van der Waals surface area (Å²) in [6.07, 6.45) is -2.13. The van der Waals surface area contributed by atoms with E-state index in [0.29, 0.717) is 6.42 Å². The van der Waals surface area contributed by atoms with E-state index >= 15 is 0 Å². The Morgan fingerprint density at radius 2 is 2.05 bits per heavy atom. The smallest absolute Gasteiger partial charge is 0.345 e. The number of para-hydroxylation sites is 1. The molecular formula is C14H17F3N2O. The van der Waals surface area contributed by atoms with Gasteiger partial charge in [-0.1, -0.05) is 18.2 Å². The van der Waals surface area contributed by atoms with Gasteiger partial charge in [-0.15, -0.1) is 13.2 Å². The molecule has 0 aliphatic carbocycles. The molecular weight excluding hydrogens is 269 g/mol. The fraction of sp³-hybridized carbons (Fsp3) is 0.429. The van der Waals surface area contributed by atoms with Crippen molar-refractivity contribution in [1.82, 2.24) is 4.57 Å². The van der Waals surface area contributed by atoms with Crippen molar-refractivity contribution in [2.45, 2.75) is 32.3 Å². The first-order valence-electron chi connectivity index (χ1n) is 6.40. The second-order valence-electron chi connectivity index (χ2n) is 4.84. The van der Waals surface area contributed by atoms with Crippen LogP contribution in [0.1, 0.15) is 12.5 Å². The highest BCUT2D eigenvalue weighted by atomic mass is 19.4. The van der Waals surface area contributed by atoms with Crippen LogP contribution >= 0.6 is 0 Å². The van der Waals surface area contributed by atoms with Gasteiger partial charge in [0, 0.05) is 18.8 Å². The number of benzene rings is 1. The Balaban J connectivity index is 2.21. The van der Waals surface area contributed by atoms with Crippen molar-refractivity contribution in [2.24, 2.45) is 5.73 Å². The molecule has 1 aromatic heterocycles. The number of hydrogen-bond donors (Lipinski definition) is 1. The molecule has 0 saturated carbocycles. The number of halogens is 3. The van der Waals surface area contributed by atoms with E-state index in [1.165, 1.54) is 0 Å². The van der Waals surface area contributed by atoms with Crippen LogP contribution in [0, 0.1) is 0 Å². The highest BCUT2D eigenvalue weighted by Crippen LogP contribution is 2.22. The van der Waals surface area contributed by atoms with Gasteiger partial charge in [0.15, 0.2) is 0 Å². The van der Waals surface area contributed by atoms with Crippen molar-refractivity contribution in [1.29, 1.82) is 0 Å². The number of alkyl halides is 3. The lowest BCUT2D eigenvalue weighted by atomic mass is 10.0. The van der Waals surface area contributed by atoms with Gasteiger partial charge in [-0.25, -0.2) is 0 Å². The van der Waals surface area contributed by atoms with E-state index in [9.17, 15) is 13.2 Å². The number of hydrogen-bond acceptors (Lipinski definition) is 2. The molecule has 0 radical (unpaired) electrons. The molecule has 2 rings (SSSR count). The molecule has 0 amide bonds. The fourth-order valence-corrected chi connectivity index (χ4v) is 2.30. The van der Waals surface area contributed by atoms with Gasteiger partial charge in [-0.2, -0.15) is 0 Å². The van der Waals surface area contributed by atoms with E-state index in [1.807, 2.05) is 31.2 Å². The normalized spacial score (nSPS) is 13.8. The van der Waals surface area contributed by atoms with E-state index in [1.54, 1.807) is 10.8 Å². The van der Waals surface area contributed by atoms with E-state index in [-0.39, 0.29) is 12.6 Å². The molecule has 0 spiro atoms. The van der Waals surface area contributed by atoms with Gasteiger partial charge in [0.2, 0.25) is 0 Å². The average Bonchev–Trinajstić information content (AvgIpc) is 2.71. The second-order valence-corrected chi connectivity index (χ2v) is 4.84. The number of nitrogens with zero attached hydrogens (tertiary/aromatic N) is 1. The van der Waals surface area contributed by atoms with E-state index in [4.69, 9.17) is 5.73 Å². The third kappa shape index (κ3) is 3.74. The molecule has 0 aliphatic heterocycles. The summed E-state index contributed by atoms with van der Waals surface area (Å²) in [6, 6.07) is 7.69. The van der Waals surface area contributed by atoms with Gasteiger partial charge in [-0.05, 0) is 30.4 Å². The highest BCUT2D eigenvalue weighted by Gasteiger charge is 2.28. The quantitative estimate of drug-likeness (QED) is 0.917. The summed E-state index contributed by atoms with van der Waals surface area (Å²) in [5.41, 5.74) is 7.77. The van der Waals surface area contributed by atoms with Crippen molar-refractivity contribution < 1.29 is 17.9 Å². The molecule has 1 unspecified atom stereocenters. The minimum Gasteiger partial charge on any atom is -0.345 e. The van der Waals surface area contributed by atoms with Gasteiger partial charge in [-0.3, -0.25) is 4.74 Å². The molecule has 0 bridgehead atoms. The predicted octanol–water partition coefficient (Wildman–Crippen LogP) is 3.07. The van der Waals surface area contributed by atoms with Crippen LogP contribution in [0.15, 0.2) is 30.5 Å². The minimum absolute atomic E-state index is 0.00428. The van der Waals surface area contributed by atoms with Gasteiger partial charge >= 0.3 is 6.36 Å². The van der Waals surface area contributed by atoms with Crippen LogP contribution < -0.4 is 5.73 Å². The molecule has 0 saturated heterocycles. The van der Waals surface area contributed by atoms with Crippen LogP contribution in [0.2, 0.25) is 0 Å². The molecule has 1 aromatic carbocycles. The summed E-state index contributed by atoms with van der Waals surface area (Å²) < 4.78 is 41.6. The molecule has 6 heteroatoms. The number of rotatable bonds is 5. The molecule has 3 nitrogen and oxygen atoms in total. The first-order valence-corrected chi connectivity index (χ1v) is 6.40. The van der Waals surface area contributed by atoms with Crippen LogP contribution in [0.5, 0.6) is 0 Å². The summed E-state index contributed by atoms with van der Waals surface area (Å²) in [5.74, 6) is 0. The molecule has 0 fully saturated rings. The Bertz CT molecular complexity index is 575.